The van der Waals surface area contributed by atoms with Crippen LogP contribution in [0.25, 0.3) is 0 Å². The van der Waals surface area contributed by atoms with Gasteiger partial charge in [0, 0.05) is 31.6 Å². The average Bonchev–Trinajstić information content (AvgIpc) is 3.31. The van der Waals surface area contributed by atoms with E-state index in [0.717, 1.165) is 11.6 Å². The van der Waals surface area contributed by atoms with E-state index in [1.807, 2.05) is 31.2 Å². The molecule has 178 valence electrons. The number of nitrogens with zero attached hydrogens (tertiary/aromatic N) is 3. The molecule has 2 heterocycles. The zero-order valence-electron chi connectivity index (χ0n) is 18.3. The lowest BCUT2D eigenvalue weighted by Crippen LogP contribution is -2.50. The van der Waals surface area contributed by atoms with E-state index in [1.165, 1.54) is 34.4 Å². The van der Waals surface area contributed by atoms with Crippen LogP contribution in [0.4, 0.5) is 13.2 Å². The van der Waals surface area contributed by atoms with Gasteiger partial charge in [-0.3, -0.25) is 9.59 Å². The van der Waals surface area contributed by atoms with Gasteiger partial charge in [-0.2, -0.15) is 13.2 Å². The Balaban J connectivity index is 1.34. The van der Waals surface area contributed by atoms with E-state index in [-0.39, 0.29) is 50.0 Å². The van der Waals surface area contributed by atoms with E-state index in [1.54, 1.807) is 10.3 Å². The van der Waals surface area contributed by atoms with Gasteiger partial charge in [0.05, 0.1) is 11.1 Å². The number of alkyl halides is 3. The molecule has 34 heavy (non-hydrogen) atoms. The van der Waals surface area contributed by atoms with Gasteiger partial charge in [0.2, 0.25) is 0 Å². The smallest absolute Gasteiger partial charge is 0.417 e. The van der Waals surface area contributed by atoms with Crippen molar-refractivity contribution in [3.8, 4) is 5.75 Å². The summed E-state index contributed by atoms with van der Waals surface area (Å²) in [7, 11) is 0. The third kappa shape index (κ3) is 5.39. The molecule has 0 atom stereocenters. The topological polar surface area (TPSA) is 62.7 Å². The molecule has 6 nitrogen and oxygen atoms in total. The van der Waals surface area contributed by atoms with Crippen LogP contribution in [0.2, 0.25) is 0 Å². The maximum atomic E-state index is 13.3. The Kier molecular flexibility index (Phi) is 6.87. The van der Waals surface area contributed by atoms with Gasteiger partial charge in [-0.05, 0) is 31.2 Å². The number of aromatic nitrogens is 1. The third-order valence-electron chi connectivity index (χ3n) is 5.47. The molecule has 1 fully saturated rings. The number of carbonyl (C=O) groups excluding carboxylic acids is 2. The second-order valence-corrected chi connectivity index (χ2v) is 8.80. The molecular weight excluding hydrogens is 467 g/mol. The molecule has 0 saturated carbocycles. The van der Waals surface area contributed by atoms with E-state index in [4.69, 9.17) is 4.74 Å². The second kappa shape index (κ2) is 9.84. The zero-order chi connectivity index (χ0) is 24.3. The van der Waals surface area contributed by atoms with E-state index < -0.39 is 17.6 Å². The number of halogens is 3. The molecule has 2 aromatic carbocycles. The molecule has 1 aliphatic rings. The maximum absolute atomic E-state index is 13.3. The van der Waals surface area contributed by atoms with Gasteiger partial charge in [0.1, 0.15) is 23.1 Å². The summed E-state index contributed by atoms with van der Waals surface area (Å²) in [5.41, 5.74) is 0.0735. The minimum atomic E-state index is -4.62. The molecule has 0 N–H and O–H groups in total. The highest BCUT2D eigenvalue weighted by molar-refractivity contribution is 7.09. The van der Waals surface area contributed by atoms with Crippen LogP contribution >= 0.6 is 11.3 Å². The minimum Gasteiger partial charge on any atom is -0.486 e. The number of aryl methyl sites for hydroxylation is 1. The van der Waals surface area contributed by atoms with E-state index >= 15 is 0 Å². The molecule has 1 aliphatic heterocycles. The Morgan fingerprint density at radius 1 is 0.971 bits per heavy atom. The lowest BCUT2D eigenvalue weighted by Gasteiger charge is -2.34. The standard InChI is InChI=1S/C24H22F3N3O3S/c1-16-6-8-17(9-7-16)33-14-21-28-20(15-34-21)23(32)30-12-10-29(11-13-30)22(31)18-4-2-3-5-19(18)24(25,26)27/h2-9,15H,10-14H2,1H3. The van der Waals surface area contributed by atoms with Gasteiger partial charge >= 0.3 is 6.18 Å². The molecule has 0 aliphatic carbocycles. The fourth-order valence-corrected chi connectivity index (χ4v) is 4.30. The van der Waals surface area contributed by atoms with Crippen molar-refractivity contribution >= 4 is 23.2 Å². The first-order chi connectivity index (χ1) is 16.2. The van der Waals surface area contributed by atoms with Crippen LogP contribution < -0.4 is 4.74 Å². The molecular formula is C24H22F3N3O3S. The van der Waals surface area contributed by atoms with Crippen LogP contribution in [-0.2, 0) is 12.8 Å². The number of benzene rings is 2. The van der Waals surface area contributed by atoms with Crippen LogP contribution in [0.5, 0.6) is 5.75 Å². The molecule has 0 bridgehead atoms. The minimum absolute atomic E-state index is 0.143. The van der Waals surface area contributed by atoms with E-state index in [9.17, 15) is 22.8 Å². The summed E-state index contributed by atoms with van der Waals surface area (Å²) in [6, 6.07) is 12.4. The van der Waals surface area contributed by atoms with Gasteiger partial charge in [-0.1, -0.05) is 29.8 Å². The van der Waals surface area contributed by atoms with Crippen LogP contribution in [-0.4, -0.2) is 52.8 Å². The summed E-state index contributed by atoms with van der Waals surface area (Å²) in [4.78, 5) is 32.8. The predicted molar refractivity (Wildman–Crippen MR) is 121 cm³/mol. The molecule has 0 unspecified atom stereocenters. The van der Waals surface area contributed by atoms with Crippen molar-refractivity contribution in [3.05, 3.63) is 81.3 Å². The molecule has 1 aromatic heterocycles. The van der Waals surface area contributed by atoms with Crippen molar-refractivity contribution in [3.63, 3.8) is 0 Å². The number of piperazine rings is 1. The predicted octanol–water partition coefficient (Wildman–Crippen LogP) is 4.65. The fraction of sp³-hybridized carbons (Fsp3) is 0.292. The number of carbonyl (C=O) groups is 2. The largest absolute Gasteiger partial charge is 0.486 e. The number of amides is 2. The zero-order valence-corrected chi connectivity index (χ0v) is 19.2. The molecule has 10 heteroatoms. The number of thiazole rings is 1. The number of hydrogen-bond donors (Lipinski definition) is 0. The summed E-state index contributed by atoms with van der Waals surface area (Å²) in [5.74, 6) is -0.258. The lowest BCUT2D eigenvalue weighted by atomic mass is 10.1. The number of hydrogen-bond acceptors (Lipinski definition) is 5. The highest BCUT2D eigenvalue weighted by Crippen LogP contribution is 2.32. The Labute approximate surface area is 198 Å². The van der Waals surface area contributed by atoms with Crippen molar-refractivity contribution in [1.82, 2.24) is 14.8 Å². The van der Waals surface area contributed by atoms with Gasteiger partial charge in [-0.25, -0.2) is 4.98 Å². The van der Waals surface area contributed by atoms with E-state index in [2.05, 4.69) is 4.98 Å². The molecule has 1 saturated heterocycles. The average molecular weight is 490 g/mol. The lowest BCUT2D eigenvalue weighted by molar-refractivity contribution is -0.138. The number of ether oxygens (including phenoxy) is 1. The van der Waals surface area contributed by atoms with Gasteiger partial charge in [0.15, 0.2) is 0 Å². The van der Waals surface area contributed by atoms with Crippen molar-refractivity contribution in [1.29, 1.82) is 0 Å². The van der Waals surface area contributed by atoms with Crippen LogP contribution in [0, 0.1) is 6.92 Å². The SMILES string of the molecule is Cc1ccc(OCc2nc(C(=O)N3CCN(C(=O)c4ccccc4C(F)(F)F)CC3)cs2)cc1. The Morgan fingerprint density at radius 3 is 2.24 bits per heavy atom. The highest BCUT2D eigenvalue weighted by Gasteiger charge is 2.36. The molecule has 0 radical (unpaired) electrons. The molecule has 4 rings (SSSR count). The van der Waals surface area contributed by atoms with Crippen molar-refractivity contribution in [2.24, 2.45) is 0 Å². The summed E-state index contributed by atoms with van der Waals surface area (Å²) >= 11 is 1.32. The molecule has 3 aromatic rings. The summed E-state index contributed by atoms with van der Waals surface area (Å²) in [6.07, 6.45) is -4.62. The summed E-state index contributed by atoms with van der Waals surface area (Å²) in [6.45, 7) is 2.94. The van der Waals surface area contributed by atoms with Gasteiger partial charge < -0.3 is 14.5 Å². The molecule has 0 spiro atoms. The Bertz CT molecular complexity index is 1170. The first-order valence-corrected chi connectivity index (χ1v) is 11.5. The highest BCUT2D eigenvalue weighted by atomic mass is 32.1. The Morgan fingerprint density at radius 2 is 1.59 bits per heavy atom. The Hall–Kier alpha value is -3.40. The van der Waals surface area contributed by atoms with Crippen LogP contribution in [0.3, 0.4) is 0 Å². The van der Waals surface area contributed by atoms with Crippen LogP contribution in [0.15, 0.2) is 53.9 Å². The summed E-state index contributed by atoms with van der Waals surface area (Å²) < 4.78 is 45.5. The normalized spacial score (nSPS) is 14.2. The maximum Gasteiger partial charge on any atom is 0.417 e. The fourth-order valence-electron chi connectivity index (χ4n) is 3.62. The first kappa shape index (κ1) is 23.7. The second-order valence-electron chi connectivity index (χ2n) is 7.86. The van der Waals surface area contributed by atoms with Gasteiger partial charge in [-0.15, -0.1) is 11.3 Å². The quantitative estimate of drug-likeness (QED) is 0.524. The molecule has 2 amide bonds. The summed E-state index contributed by atoms with van der Waals surface area (Å²) in [5, 5.41) is 2.31. The van der Waals surface area contributed by atoms with E-state index in [0.29, 0.717) is 10.8 Å². The van der Waals surface area contributed by atoms with Crippen molar-refractivity contribution in [2.45, 2.75) is 19.7 Å². The number of rotatable bonds is 5. The van der Waals surface area contributed by atoms with Crippen LogP contribution in [0.1, 0.15) is 37.0 Å². The first-order valence-electron chi connectivity index (χ1n) is 10.6. The van der Waals surface area contributed by atoms with Gasteiger partial charge in [0.25, 0.3) is 11.8 Å². The third-order valence-corrected chi connectivity index (χ3v) is 6.29. The van der Waals surface area contributed by atoms with Crippen molar-refractivity contribution < 1.29 is 27.5 Å². The van der Waals surface area contributed by atoms with Crippen molar-refractivity contribution in [2.75, 3.05) is 26.2 Å². The monoisotopic (exact) mass is 489 g/mol.